The van der Waals surface area contributed by atoms with Crippen LogP contribution in [0.15, 0.2) is 36.5 Å². The maximum Gasteiger partial charge on any atom is 0.288 e. The third-order valence-electron chi connectivity index (χ3n) is 2.98. The highest BCUT2D eigenvalue weighted by atomic mass is 16.2. The number of rotatable bonds is 1. The zero-order valence-corrected chi connectivity index (χ0v) is 10.7. The van der Waals surface area contributed by atoms with Gasteiger partial charge in [-0.15, -0.1) is 0 Å². The minimum atomic E-state index is -0.451. The minimum Gasteiger partial charge on any atom is -0.353 e. The normalized spacial score (nSPS) is 10.7. The number of nitrogens with zero attached hydrogens (tertiary/aromatic N) is 1. The number of hydrogen-bond acceptors (Lipinski definition) is 3. The van der Waals surface area contributed by atoms with E-state index in [0.717, 1.165) is 21.8 Å². The molecule has 2 aromatic heterocycles. The van der Waals surface area contributed by atoms with Crippen LogP contribution in [0.3, 0.4) is 0 Å². The molecule has 0 spiro atoms. The first-order valence-corrected chi connectivity index (χ1v) is 6.08. The van der Waals surface area contributed by atoms with Crippen LogP contribution in [0.25, 0.3) is 21.8 Å². The molecule has 0 bridgehead atoms. The molecule has 2 heterocycles. The van der Waals surface area contributed by atoms with Crippen molar-refractivity contribution >= 4 is 33.6 Å². The Morgan fingerprint density at radius 2 is 1.90 bits per heavy atom. The molecule has 0 saturated carbocycles. The maximum atomic E-state index is 11.9. The molecule has 2 amide bonds. The van der Waals surface area contributed by atoms with Crippen molar-refractivity contribution in [3.63, 3.8) is 0 Å². The lowest BCUT2D eigenvalue weighted by molar-refractivity contribution is -0.119. The number of hydrazine groups is 1. The van der Waals surface area contributed by atoms with E-state index in [1.807, 2.05) is 24.3 Å². The first-order chi connectivity index (χ1) is 9.65. The monoisotopic (exact) mass is 268 g/mol. The summed E-state index contributed by atoms with van der Waals surface area (Å²) in [4.78, 5) is 29.9. The summed E-state index contributed by atoms with van der Waals surface area (Å²) in [5, 5.41) is 1.95. The van der Waals surface area contributed by atoms with E-state index in [9.17, 15) is 9.59 Å². The summed E-state index contributed by atoms with van der Waals surface area (Å²) < 4.78 is 0. The molecule has 100 valence electrons. The molecule has 6 heteroatoms. The standard InChI is InChI=1S/C14H12N4O2/c1-8(19)17-18-14(20)12-6-10-9-4-2-3-5-11(9)16-13(10)7-15-12/h2-7,16H,1H3,(H,17,19)(H,18,20). The highest BCUT2D eigenvalue weighted by Gasteiger charge is 2.11. The lowest BCUT2D eigenvalue weighted by atomic mass is 10.1. The zero-order valence-electron chi connectivity index (χ0n) is 10.7. The molecule has 0 aliphatic rings. The summed E-state index contributed by atoms with van der Waals surface area (Å²) in [7, 11) is 0. The van der Waals surface area contributed by atoms with Gasteiger partial charge in [-0.1, -0.05) is 18.2 Å². The first kappa shape index (κ1) is 12.2. The number of aromatic amines is 1. The summed E-state index contributed by atoms with van der Waals surface area (Å²) in [6.45, 7) is 1.32. The van der Waals surface area contributed by atoms with Crippen LogP contribution < -0.4 is 10.9 Å². The average molecular weight is 268 g/mol. The van der Waals surface area contributed by atoms with Crippen molar-refractivity contribution in [2.45, 2.75) is 6.92 Å². The second-order valence-corrected chi connectivity index (χ2v) is 4.42. The van der Waals surface area contributed by atoms with E-state index in [1.54, 1.807) is 12.3 Å². The third-order valence-corrected chi connectivity index (χ3v) is 2.98. The van der Waals surface area contributed by atoms with Crippen molar-refractivity contribution < 1.29 is 9.59 Å². The average Bonchev–Trinajstić information content (AvgIpc) is 2.82. The smallest absolute Gasteiger partial charge is 0.288 e. The van der Waals surface area contributed by atoms with Crippen molar-refractivity contribution in [2.75, 3.05) is 0 Å². The number of fused-ring (bicyclic) bond motifs is 3. The number of para-hydroxylation sites is 1. The molecule has 3 rings (SSSR count). The van der Waals surface area contributed by atoms with Gasteiger partial charge in [-0.25, -0.2) is 4.98 Å². The fourth-order valence-corrected chi connectivity index (χ4v) is 2.08. The molecule has 6 nitrogen and oxygen atoms in total. The van der Waals surface area contributed by atoms with Gasteiger partial charge in [0.2, 0.25) is 5.91 Å². The van der Waals surface area contributed by atoms with Crippen molar-refractivity contribution in [3.05, 3.63) is 42.2 Å². The number of H-pyrrole nitrogens is 1. The van der Waals surface area contributed by atoms with Crippen LogP contribution in [0.1, 0.15) is 17.4 Å². The number of benzene rings is 1. The van der Waals surface area contributed by atoms with Crippen LogP contribution in [0, 0.1) is 0 Å². The van der Waals surface area contributed by atoms with Crippen LogP contribution in [0.4, 0.5) is 0 Å². The van der Waals surface area contributed by atoms with Crippen LogP contribution in [0.2, 0.25) is 0 Å². The molecule has 0 fully saturated rings. The van der Waals surface area contributed by atoms with E-state index >= 15 is 0 Å². The second-order valence-electron chi connectivity index (χ2n) is 4.42. The molecule has 3 aromatic rings. The molecule has 0 radical (unpaired) electrons. The highest BCUT2D eigenvalue weighted by Crippen LogP contribution is 2.24. The van der Waals surface area contributed by atoms with Gasteiger partial charge < -0.3 is 4.98 Å². The molecule has 0 aliphatic carbocycles. The van der Waals surface area contributed by atoms with Crippen LogP contribution >= 0.6 is 0 Å². The van der Waals surface area contributed by atoms with Crippen molar-refractivity contribution in [2.24, 2.45) is 0 Å². The lowest BCUT2D eigenvalue weighted by Gasteiger charge is -2.04. The molecular weight excluding hydrogens is 256 g/mol. The number of amides is 2. The maximum absolute atomic E-state index is 11.9. The number of hydrogen-bond donors (Lipinski definition) is 3. The van der Waals surface area contributed by atoms with Gasteiger partial charge in [0.25, 0.3) is 5.91 Å². The SMILES string of the molecule is CC(=O)NNC(=O)c1cc2c(cn1)[nH]c1ccccc12. The van der Waals surface area contributed by atoms with E-state index in [4.69, 9.17) is 0 Å². The van der Waals surface area contributed by atoms with Gasteiger partial charge >= 0.3 is 0 Å². The fraction of sp³-hybridized carbons (Fsp3) is 0.0714. The van der Waals surface area contributed by atoms with Gasteiger partial charge in [-0.05, 0) is 12.1 Å². The Balaban J connectivity index is 2.03. The fourth-order valence-electron chi connectivity index (χ4n) is 2.08. The van der Waals surface area contributed by atoms with Gasteiger partial charge in [-0.2, -0.15) is 0 Å². The van der Waals surface area contributed by atoms with Gasteiger partial charge in [0.05, 0.1) is 11.7 Å². The van der Waals surface area contributed by atoms with Gasteiger partial charge in [0.1, 0.15) is 5.69 Å². The number of nitrogens with one attached hydrogen (secondary N) is 3. The van der Waals surface area contributed by atoms with Crippen molar-refractivity contribution in [1.29, 1.82) is 0 Å². The molecule has 1 aromatic carbocycles. The Morgan fingerprint density at radius 3 is 2.70 bits per heavy atom. The van der Waals surface area contributed by atoms with Crippen LogP contribution in [-0.4, -0.2) is 21.8 Å². The van der Waals surface area contributed by atoms with E-state index < -0.39 is 5.91 Å². The number of pyridine rings is 1. The summed E-state index contributed by atoms with van der Waals surface area (Å²) in [6, 6.07) is 9.52. The Labute approximate surface area is 114 Å². The van der Waals surface area contributed by atoms with Gasteiger partial charge in [0.15, 0.2) is 0 Å². The molecule has 3 N–H and O–H groups in total. The third kappa shape index (κ3) is 2.07. The predicted molar refractivity (Wildman–Crippen MR) is 74.9 cm³/mol. The quantitative estimate of drug-likeness (QED) is 0.584. The summed E-state index contributed by atoms with van der Waals surface area (Å²) in [6.07, 6.45) is 1.61. The first-order valence-electron chi connectivity index (χ1n) is 6.08. The zero-order chi connectivity index (χ0) is 14.1. The number of carbonyl (C=O) groups excluding carboxylic acids is 2. The Morgan fingerprint density at radius 1 is 1.10 bits per heavy atom. The molecule has 0 unspecified atom stereocenters. The number of aromatic nitrogens is 2. The topological polar surface area (TPSA) is 86.9 Å². The Hall–Kier alpha value is -2.89. The van der Waals surface area contributed by atoms with E-state index in [0.29, 0.717) is 0 Å². The largest absolute Gasteiger partial charge is 0.353 e. The van der Waals surface area contributed by atoms with Crippen LogP contribution in [-0.2, 0) is 4.79 Å². The number of carbonyl (C=O) groups is 2. The van der Waals surface area contributed by atoms with Crippen LogP contribution in [0.5, 0.6) is 0 Å². The molecule has 0 aliphatic heterocycles. The molecule has 0 atom stereocenters. The van der Waals surface area contributed by atoms with E-state index in [2.05, 4.69) is 20.8 Å². The minimum absolute atomic E-state index is 0.246. The summed E-state index contributed by atoms with van der Waals surface area (Å²) >= 11 is 0. The summed E-state index contributed by atoms with van der Waals surface area (Å²) in [5.74, 6) is -0.793. The second kappa shape index (κ2) is 4.65. The van der Waals surface area contributed by atoms with Gasteiger partial charge in [-0.3, -0.25) is 20.4 Å². The van der Waals surface area contributed by atoms with E-state index in [-0.39, 0.29) is 11.6 Å². The van der Waals surface area contributed by atoms with E-state index in [1.165, 1.54) is 6.92 Å². The Bertz CT molecular complexity index is 822. The predicted octanol–water partition coefficient (Wildman–Crippen LogP) is 1.50. The summed E-state index contributed by atoms with van der Waals surface area (Å²) in [5.41, 5.74) is 6.63. The molecule has 0 saturated heterocycles. The molecular formula is C14H12N4O2. The highest BCUT2D eigenvalue weighted by molar-refractivity contribution is 6.09. The van der Waals surface area contributed by atoms with Crippen molar-refractivity contribution in [3.8, 4) is 0 Å². The Kier molecular flexibility index (Phi) is 2.83. The van der Waals surface area contributed by atoms with Gasteiger partial charge in [0, 0.05) is 23.2 Å². The lowest BCUT2D eigenvalue weighted by Crippen LogP contribution is -2.40. The van der Waals surface area contributed by atoms with Crippen molar-refractivity contribution in [1.82, 2.24) is 20.8 Å². The molecule has 20 heavy (non-hydrogen) atoms.